The van der Waals surface area contributed by atoms with E-state index in [0.29, 0.717) is 16.8 Å². The number of nitrogens with zero attached hydrogens (tertiary/aromatic N) is 2. The first kappa shape index (κ1) is 17.1. The van der Waals surface area contributed by atoms with Gasteiger partial charge in [0.25, 0.3) is 0 Å². The summed E-state index contributed by atoms with van der Waals surface area (Å²) in [7, 11) is 0. The predicted octanol–water partition coefficient (Wildman–Crippen LogP) is -0.0383. The van der Waals surface area contributed by atoms with E-state index in [2.05, 4.69) is 9.97 Å². The topological polar surface area (TPSA) is 125 Å². The van der Waals surface area contributed by atoms with E-state index in [1.807, 2.05) is 24.3 Å². The second-order valence-corrected chi connectivity index (χ2v) is 6.18. The maximum atomic E-state index is 10.1. The van der Waals surface area contributed by atoms with Crippen molar-refractivity contribution >= 4 is 22.1 Å². The third-order valence-electron chi connectivity index (χ3n) is 4.41. The highest BCUT2D eigenvalue weighted by Crippen LogP contribution is 2.26. The van der Waals surface area contributed by atoms with Crippen molar-refractivity contribution in [3.05, 3.63) is 42.5 Å². The number of rotatable bonds is 3. The monoisotopic (exact) mass is 358 g/mol. The van der Waals surface area contributed by atoms with Crippen molar-refractivity contribution in [2.45, 2.75) is 30.7 Å². The molecule has 0 amide bonds. The zero-order chi connectivity index (χ0) is 18.3. The Kier molecular flexibility index (Phi) is 4.43. The normalized spacial score (nSPS) is 29.2. The fourth-order valence-corrected chi connectivity index (χ4v) is 2.97. The highest BCUT2D eigenvalue weighted by molar-refractivity contribution is 5.86. The van der Waals surface area contributed by atoms with E-state index in [9.17, 15) is 20.4 Å². The van der Waals surface area contributed by atoms with Crippen LogP contribution in [0.25, 0.3) is 22.1 Å². The summed E-state index contributed by atoms with van der Waals surface area (Å²) in [6, 6.07) is 12.5. The van der Waals surface area contributed by atoms with Crippen LogP contribution in [0.2, 0.25) is 0 Å². The Labute approximate surface area is 148 Å². The Balaban J connectivity index is 1.63. The lowest BCUT2D eigenvalue weighted by Gasteiger charge is -2.39. The van der Waals surface area contributed by atoms with Crippen LogP contribution >= 0.6 is 0 Å². The average molecular weight is 358 g/mol. The molecule has 0 radical (unpaired) electrons. The molecule has 2 heterocycles. The van der Waals surface area contributed by atoms with E-state index in [1.54, 1.807) is 18.2 Å². The second kappa shape index (κ2) is 6.75. The van der Waals surface area contributed by atoms with Crippen molar-refractivity contribution < 1.29 is 29.9 Å². The molecule has 0 aliphatic carbocycles. The van der Waals surface area contributed by atoms with Gasteiger partial charge in [-0.3, -0.25) is 0 Å². The lowest BCUT2D eigenvalue weighted by atomic mass is 9.99. The third kappa shape index (κ3) is 2.98. The minimum absolute atomic E-state index is 0.353. The minimum atomic E-state index is -1.49. The number of aliphatic hydroxyl groups is 4. The van der Waals surface area contributed by atoms with Gasteiger partial charge in [0.05, 0.1) is 28.7 Å². The number of hydrogen-bond donors (Lipinski definition) is 4. The fourth-order valence-electron chi connectivity index (χ4n) is 2.97. The number of aromatic nitrogens is 2. The van der Waals surface area contributed by atoms with Crippen LogP contribution < -0.4 is 4.74 Å². The van der Waals surface area contributed by atoms with Gasteiger partial charge in [-0.1, -0.05) is 12.1 Å². The quantitative estimate of drug-likeness (QED) is 0.481. The molecule has 8 nitrogen and oxygen atoms in total. The lowest BCUT2D eigenvalue weighted by molar-refractivity contribution is -0.277. The van der Waals surface area contributed by atoms with Crippen LogP contribution in [-0.2, 0) is 4.74 Å². The molecule has 2 aromatic carbocycles. The van der Waals surface area contributed by atoms with Gasteiger partial charge in [0, 0.05) is 6.07 Å². The van der Waals surface area contributed by atoms with E-state index >= 15 is 0 Å². The SMILES string of the molecule is OC[C@H]1O[C@@H](Oc2ccc3nc4ccccc4nc3c2)[C@H](O)[C@@H](O)[C@H]1O. The van der Waals surface area contributed by atoms with Crippen molar-refractivity contribution in [1.29, 1.82) is 0 Å². The maximum absolute atomic E-state index is 10.1. The standard InChI is InChI=1S/C18H18N2O6/c21-8-14-15(22)16(23)17(24)18(26-14)25-9-5-6-12-13(7-9)20-11-4-2-1-3-10(11)19-12/h1-7,14-18,21-24H,8H2/t14-,15+,16+,17-,18-/m1/s1. The smallest absolute Gasteiger partial charge is 0.229 e. The van der Waals surface area contributed by atoms with Crippen molar-refractivity contribution in [3.8, 4) is 5.75 Å². The molecule has 4 N–H and O–H groups in total. The third-order valence-corrected chi connectivity index (χ3v) is 4.41. The first-order chi connectivity index (χ1) is 12.6. The van der Waals surface area contributed by atoms with E-state index in [1.165, 1.54) is 0 Å². The van der Waals surface area contributed by atoms with Gasteiger partial charge in [-0.25, -0.2) is 9.97 Å². The second-order valence-electron chi connectivity index (χ2n) is 6.18. The van der Waals surface area contributed by atoms with Crippen LogP contribution in [0.4, 0.5) is 0 Å². The van der Waals surface area contributed by atoms with Gasteiger partial charge in [-0.05, 0) is 24.3 Å². The summed E-state index contributed by atoms with van der Waals surface area (Å²) in [6.45, 7) is -0.514. The first-order valence-electron chi connectivity index (χ1n) is 8.20. The zero-order valence-corrected chi connectivity index (χ0v) is 13.6. The molecule has 1 fully saturated rings. The summed E-state index contributed by atoms with van der Waals surface area (Å²) in [5, 5.41) is 39.0. The molecular formula is C18H18N2O6. The number of fused-ring (bicyclic) bond motifs is 2. The first-order valence-corrected chi connectivity index (χ1v) is 8.20. The molecule has 136 valence electrons. The summed E-state index contributed by atoms with van der Waals surface area (Å²) in [5.41, 5.74) is 2.81. The number of hydrogen-bond acceptors (Lipinski definition) is 8. The zero-order valence-electron chi connectivity index (χ0n) is 13.6. The van der Waals surface area contributed by atoms with Crippen LogP contribution in [0.5, 0.6) is 5.75 Å². The Bertz CT molecular complexity index is 934. The summed E-state index contributed by atoms with van der Waals surface area (Å²) in [4.78, 5) is 9.06. The van der Waals surface area contributed by atoms with Gasteiger partial charge >= 0.3 is 0 Å². The molecule has 4 rings (SSSR count). The Morgan fingerprint density at radius 2 is 1.50 bits per heavy atom. The summed E-state index contributed by atoms with van der Waals surface area (Å²) >= 11 is 0. The van der Waals surface area contributed by atoms with Gasteiger partial charge in [-0.15, -0.1) is 0 Å². The van der Waals surface area contributed by atoms with E-state index in [4.69, 9.17) is 9.47 Å². The highest BCUT2D eigenvalue weighted by Gasteiger charge is 2.44. The molecule has 1 aromatic heterocycles. The van der Waals surface area contributed by atoms with Gasteiger partial charge in [0.2, 0.25) is 6.29 Å². The molecule has 3 aromatic rings. The summed E-state index contributed by atoms with van der Waals surface area (Å²) in [6.07, 6.45) is -6.65. The fraction of sp³-hybridized carbons (Fsp3) is 0.333. The Morgan fingerprint density at radius 1 is 0.846 bits per heavy atom. The molecule has 0 bridgehead atoms. The highest BCUT2D eigenvalue weighted by atomic mass is 16.7. The minimum Gasteiger partial charge on any atom is -0.462 e. The van der Waals surface area contributed by atoms with Crippen LogP contribution in [0, 0.1) is 0 Å². The summed E-state index contributed by atoms with van der Waals surface area (Å²) < 4.78 is 11.0. The number of benzene rings is 2. The van der Waals surface area contributed by atoms with Gasteiger partial charge in [-0.2, -0.15) is 0 Å². The molecule has 8 heteroatoms. The largest absolute Gasteiger partial charge is 0.462 e. The van der Waals surface area contributed by atoms with Crippen molar-refractivity contribution in [2.24, 2.45) is 0 Å². The number of aliphatic hydroxyl groups excluding tert-OH is 4. The Morgan fingerprint density at radius 3 is 2.19 bits per heavy atom. The number of ether oxygens (including phenoxy) is 2. The van der Waals surface area contributed by atoms with Gasteiger partial charge < -0.3 is 29.9 Å². The molecule has 0 unspecified atom stereocenters. The molecule has 5 atom stereocenters. The van der Waals surface area contributed by atoms with Crippen molar-refractivity contribution in [2.75, 3.05) is 6.61 Å². The lowest BCUT2D eigenvalue weighted by Crippen LogP contribution is -2.60. The van der Waals surface area contributed by atoms with Crippen LogP contribution in [0.3, 0.4) is 0 Å². The van der Waals surface area contributed by atoms with E-state index < -0.39 is 37.3 Å². The van der Waals surface area contributed by atoms with Gasteiger partial charge in [0.1, 0.15) is 30.2 Å². The Hall–Kier alpha value is -2.36. The average Bonchev–Trinajstić information content (AvgIpc) is 2.66. The van der Waals surface area contributed by atoms with Crippen LogP contribution in [0.15, 0.2) is 42.5 Å². The molecule has 1 aliphatic heterocycles. The van der Waals surface area contributed by atoms with Gasteiger partial charge in [0.15, 0.2) is 0 Å². The molecule has 1 saturated heterocycles. The number of para-hydroxylation sites is 2. The molecule has 0 spiro atoms. The van der Waals surface area contributed by atoms with Crippen LogP contribution in [-0.4, -0.2) is 67.7 Å². The molecule has 1 aliphatic rings. The predicted molar refractivity (Wildman–Crippen MR) is 91.4 cm³/mol. The molecular weight excluding hydrogens is 340 g/mol. The van der Waals surface area contributed by atoms with Crippen molar-refractivity contribution in [3.63, 3.8) is 0 Å². The van der Waals surface area contributed by atoms with E-state index in [0.717, 1.165) is 11.0 Å². The summed E-state index contributed by atoms with van der Waals surface area (Å²) in [5.74, 6) is 0.353. The maximum Gasteiger partial charge on any atom is 0.229 e. The molecule has 26 heavy (non-hydrogen) atoms. The van der Waals surface area contributed by atoms with E-state index in [-0.39, 0.29) is 0 Å². The van der Waals surface area contributed by atoms with Crippen LogP contribution in [0.1, 0.15) is 0 Å². The molecule has 0 saturated carbocycles. The van der Waals surface area contributed by atoms with Crippen molar-refractivity contribution in [1.82, 2.24) is 9.97 Å².